The summed E-state index contributed by atoms with van der Waals surface area (Å²) in [6.45, 7) is 4.16. The molecule has 2 N–H and O–H groups in total. The van der Waals surface area contributed by atoms with Crippen LogP contribution in [0.5, 0.6) is 0 Å². The van der Waals surface area contributed by atoms with E-state index in [1.807, 2.05) is 13.0 Å². The highest BCUT2D eigenvalue weighted by Crippen LogP contribution is 2.34. The molecule has 1 aromatic heterocycles. The minimum Gasteiger partial charge on any atom is -0.349 e. The first-order valence-corrected chi connectivity index (χ1v) is 11.9. The molecular formula is C23H30N4O2S. The van der Waals surface area contributed by atoms with E-state index in [2.05, 4.69) is 22.1 Å². The third kappa shape index (κ3) is 5.06. The van der Waals surface area contributed by atoms with Gasteiger partial charge in [-0.1, -0.05) is 37.1 Å². The number of aromatic nitrogens is 2. The minimum atomic E-state index is -0.0896. The van der Waals surface area contributed by atoms with Gasteiger partial charge in [0.1, 0.15) is 0 Å². The number of nitrogens with one attached hydrogen (secondary N) is 2. The monoisotopic (exact) mass is 426 g/mol. The highest BCUT2D eigenvalue weighted by Gasteiger charge is 2.24. The highest BCUT2D eigenvalue weighted by atomic mass is 32.2. The SMILES string of the molecule is Cc1nc(SCC(=O)Nc2cccc(C(=O)NC3CC3)c2)n(C2CCCCC2)c1C. The summed E-state index contributed by atoms with van der Waals surface area (Å²) < 4.78 is 2.34. The lowest BCUT2D eigenvalue weighted by atomic mass is 9.95. The van der Waals surface area contributed by atoms with Gasteiger partial charge in [0.2, 0.25) is 5.91 Å². The molecule has 0 radical (unpaired) electrons. The zero-order valence-corrected chi connectivity index (χ0v) is 18.6. The fourth-order valence-corrected chi connectivity index (χ4v) is 4.99. The average molecular weight is 427 g/mol. The van der Waals surface area contributed by atoms with Gasteiger partial charge in [0.15, 0.2) is 5.16 Å². The number of thioether (sulfide) groups is 1. The number of benzene rings is 1. The quantitative estimate of drug-likeness (QED) is 0.633. The summed E-state index contributed by atoms with van der Waals surface area (Å²) >= 11 is 1.49. The summed E-state index contributed by atoms with van der Waals surface area (Å²) in [5.74, 6) is 0.123. The van der Waals surface area contributed by atoms with E-state index in [0.29, 0.717) is 29.1 Å². The molecule has 1 heterocycles. The smallest absolute Gasteiger partial charge is 0.251 e. The number of nitrogens with zero attached hydrogens (tertiary/aromatic N) is 2. The van der Waals surface area contributed by atoms with Crippen LogP contribution < -0.4 is 10.6 Å². The zero-order valence-electron chi connectivity index (χ0n) is 17.7. The van der Waals surface area contributed by atoms with Crippen LogP contribution in [0.3, 0.4) is 0 Å². The molecule has 7 heteroatoms. The highest BCUT2D eigenvalue weighted by molar-refractivity contribution is 7.99. The number of hydrogen-bond donors (Lipinski definition) is 2. The van der Waals surface area contributed by atoms with Crippen molar-refractivity contribution in [3.05, 3.63) is 41.2 Å². The van der Waals surface area contributed by atoms with Crippen LogP contribution in [0.1, 0.15) is 72.7 Å². The number of imidazole rings is 1. The Morgan fingerprint density at radius 2 is 1.90 bits per heavy atom. The van der Waals surface area contributed by atoms with E-state index < -0.39 is 0 Å². The van der Waals surface area contributed by atoms with E-state index in [1.54, 1.807) is 18.2 Å². The van der Waals surface area contributed by atoms with Crippen molar-refractivity contribution in [3.63, 3.8) is 0 Å². The molecule has 4 rings (SSSR count). The number of carbonyl (C=O) groups excluding carboxylic acids is 2. The van der Waals surface area contributed by atoms with Crippen molar-refractivity contribution >= 4 is 29.3 Å². The van der Waals surface area contributed by atoms with Gasteiger partial charge in [-0.2, -0.15) is 0 Å². The Bertz CT molecular complexity index is 929. The van der Waals surface area contributed by atoms with Crippen molar-refractivity contribution in [1.29, 1.82) is 0 Å². The molecule has 0 unspecified atom stereocenters. The van der Waals surface area contributed by atoms with Crippen LogP contribution >= 0.6 is 11.8 Å². The fourth-order valence-electron chi connectivity index (χ4n) is 4.03. The van der Waals surface area contributed by atoms with Crippen LogP contribution in [0.4, 0.5) is 5.69 Å². The Labute approximate surface area is 182 Å². The second-order valence-corrected chi connectivity index (χ2v) is 9.33. The Kier molecular flexibility index (Phi) is 6.46. The van der Waals surface area contributed by atoms with Gasteiger partial charge in [-0.25, -0.2) is 4.98 Å². The van der Waals surface area contributed by atoms with Gasteiger partial charge < -0.3 is 15.2 Å². The van der Waals surface area contributed by atoms with Crippen molar-refractivity contribution in [2.24, 2.45) is 0 Å². The van der Waals surface area contributed by atoms with Crippen LogP contribution in [0, 0.1) is 13.8 Å². The van der Waals surface area contributed by atoms with Crippen molar-refractivity contribution in [1.82, 2.24) is 14.9 Å². The average Bonchev–Trinajstić information content (AvgIpc) is 3.51. The minimum absolute atomic E-state index is 0.0802. The maximum Gasteiger partial charge on any atom is 0.251 e. The molecule has 0 spiro atoms. The van der Waals surface area contributed by atoms with Crippen molar-refractivity contribution < 1.29 is 9.59 Å². The van der Waals surface area contributed by atoms with Gasteiger partial charge in [-0.05, 0) is 57.7 Å². The second kappa shape index (κ2) is 9.25. The zero-order chi connectivity index (χ0) is 21.1. The van der Waals surface area contributed by atoms with Crippen LogP contribution in [0.15, 0.2) is 29.4 Å². The number of anilines is 1. The number of hydrogen-bond acceptors (Lipinski definition) is 4. The van der Waals surface area contributed by atoms with Crippen LogP contribution in [-0.4, -0.2) is 33.2 Å². The molecule has 30 heavy (non-hydrogen) atoms. The molecule has 2 aromatic rings. The summed E-state index contributed by atoms with van der Waals surface area (Å²) in [5, 5.41) is 6.83. The third-order valence-corrected chi connectivity index (χ3v) is 6.90. The first-order valence-electron chi connectivity index (χ1n) is 10.9. The van der Waals surface area contributed by atoms with E-state index in [-0.39, 0.29) is 11.8 Å². The predicted octanol–water partition coefficient (Wildman–Crippen LogP) is 4.63. The number of carbonyl (C=O) groups is 2. The van der Waals surface area contributed by atoms with E-state index in [4.69, 9.17) is 4.98 Å². The van der Waals surface area contributed by atoms with E-state index in [9.17, 15) is 9.59 Å². The lowest BCUT2D eigenvalue weighted by Crippen LogP contribution is -2.25. The molecule has 2 aliphatic rings. The molecule has 0 aliphatic heterocycles. The van der Waals surface area contributed by atoms with Crippen molar-refractivity contribution in [2.75, 3.05) is 11.1 Å². The lowest BCUT2D eigenvalue weighted by Gasteiger charge is -2.26. The molecule has 2 aliphatic carbocycles. The van der Waals surface area contributed by atoms with Gasteiger partial charge in [-0.3, -0.25) is 9.59 Å². The van der Waals surface area contributed by atoms with Gasteiger partial charge >= 0.3 is 0 Å². The summed E-state index contributed by atoms with van der Waals surface area (Å²) in [5.41, 5.74) is 3.47. The summed E-state index contributed by atoms with van der Waals surface area (Å²) in [6, 6.07) is 7.92. The molecule has 160 valence electrons. The first-order chi connectivity index (χ1) is 14.5. The Morgan fingerprint density at radius 1 is 1.13 bits per heavy atom. The van der Waals surface area contributed by atoms with Gasteiger partial charge in [0, 0.05) is 29.0 Å². The van der Waals surface area contributed by atoms with Crippen molar-refractivity contribution in [3.8, 4) is 0 Å². The summed E-state index contributed by atoms with van der Waals surface area (Å²) in [6.07, 6.45) is 8.31. The van der Waals surface area contributed by atoms with Crippen LogP contribution in [0.2, 0.25) is 0 Å². The number of amides is 2. The molecule has 2 fully saturated rings. The largest absolute Gasteiger partial charge is 0.349 e. The third-order valence-electron chi connectivity index (χ3n) is 5.95. The van der Waals surface area contributed by atoms with Gasteiger partial charge in [0.25, 0.3) is 5.91 Å². The normalized spacial score (nSPS) is 17.0. The first kappa shape index (κ1) is 21.0. The number of rotatable bonds is 7. The molecule has 1 aromatic carbocycles. The van der Waals surface area contributed by atoms with E-state index in [1.165, 1.54) is 49.6 Å². The summed E-state index contributed by atoms with van der Waals surface area (Å²) in [4.78, 5) is 29.5. The standard InChI is InChI=1S/C23H30N4O2S/c1-15-16(2)27(20-9-4-3-5-10-20)23(24-15)30-14-21(28)25-19-8-6-7-17(13-19)22(29)26-18-11-12-18/h6-8,13,18,20H,3-5,9-12,14H2,1-2H3,(H,25,28)(H,26,29). The van der Waals surface area contributed by atoms with E-state index in [0.717, 1.165) is 23.7 Å². The molecule has 0 bridgehead atoms. The Hall–Kier alpha value is -2.28. The van der Waals surface area contributed by atoms with Crippen molar-refractivity contribution in [2.45, 2.75) is 76.0 Å². The van der Waals surface area contributed by atoms with Crippen LogP contribution in [0.25, 0.3) is 0 Å². The molecular weight excluding hydrogens is 396 g/mol. The fraction of sp³-hybridized carbons (Fsp3) is 0.522. The number of aryl methyl sites for hydroxylation is 1. The predicted molar refractivity (Wildman–Crippen MR) is 120 cm³/mol. The molecule has 0 saturated heterocycles. The topological polar surface area (TPSA) is 76.0 Å². The maximum absolute atomic E-state index is 12.6. The van der Waals surface area contributed by atoms with Gasteiger partial charge in [0.05, 0.1) is 11.4 Å². The van der Waals surface area contributed by atoms with Gasteiger partial charge in [-0.15, -0.1) is 0 Å². The Balaban J connectivity index is 1.37. The second-order valence-electron chi connectivity index (χ2n) is 8.39. The molecule has 6 nitrogen and oxygen atoms in total. The summed E-state index contributed by atoms with van der Waals surface area (Å²) in [7, 11) is 0. The maximum atomic E-state index is 12.6. The molecule has 0 atom stereocenters. The molecule has 2 saturated carbocycles. The lowest BCUT2D eigenvalue weighted by molar-refractivity contribution is -0.113. The van der Waals surface area contributed by atoms with E-state index >= 15 is 0 Å². The molecule has 2 amide bonds. The Morgan fingerprint density at radius 3 is 2.63 bits per heavy atom. The van der Waals surface area contributed by atoms with Crippen LogP contribution in [-0.2, 0) is 4.79 Å².